The van der Waals surface area contributed by atoms with Gasteiger partial charge < -0.3 is 9.47 Å². The van der Waals surface area contributed by atoms with Gasteiger partial charge in [0.2, 0.25) is 0 Å². The maximum Gasteiger partial charge on any atom is 0.422 e. The number of hydrazine groups is 1. The summed E-state index contributed by atoms with van der Waals surface area (Å²) in [6.45, 7) is 5.34. The van der Waals surface area contributed by atoms with E-state index >= 15 is 0 Å². The van der Waals surface area contributed by atoms with Crippen molar-refractivity contribution in [2.75, 3.05) is 0 Å². The molecule has 0 heterocycles. The van der Waals surface area contributed by atoms with Crippen molar-refractivity contribution in [2.24, 2.45) is 0 Å². The van der Waals surface area contributed by atoms with Gasteiger partial charge in [0.05, 0.1) is 0 Å². The van der Waals surface area contributed by atoms with Crippen LogP contribution in [0.4, 0.5) is 4.79 Å². The lowest BCUT2D eigenvalue weighted by Crippen LogP contribution is -2.32. The van der Waals surface area contributed by atoms with Crippen LogP contribution < -0.4 is 15.0 Å². The van der Waals surface area contributed by atoms with Crippen LogP contribution in [0.25, 0.3) is 0 Å². The molecule has 1 aromatic carbocycles. The lowest BCUT2D eigenvalue weighted by atomic mass is 10.0. The lowest BCUT2D eigenvalue weighted by Gasteiger charge is -2.18. The third kappa shape index (κ3) is 5.57. The number of rotatable bonds is 7. The highest BCUT2D eigenvalue weighted by Gasteiger charge is 2.17. The van der Waals surface area contributed by atoms with Gasteiger partial charge in [-0.05, 0) is 36.1 Å². The molecule has 1 aromatic rings. The maximum atomic E-state index is 11.5. The number of ether oxygens (including phenoxy) is 2. The van der Waals surface area contributed by atoms with Crippen LogP contribution in [0.1, 0.15) is 50.8 Å². The Kier molecular flexibility index (Phi) is 7.76. The number of aryl methyl sites for hydroxylation is 1. The first-order valence-corrected chi connectivity index (χ1v) is 7.63. The van der Waals surface area contributed by atoms with E-state index < -0.39 is 6.09 Å². The third-order valence-corrected chi connectivity index (χ3v) is 3.12. The molecule has 1 atom stereocenters. The van der Waals surface area contributed by atoms with Gasteiger partial charge in [0.1, 0.15) is 11.9 Å². The highest BCUT2D eigenvalue weighted by Crippen LogP contribution is 2.28. The van der Waals surface area contributed by atoms with E-state index in [0.29, 0.717) is 12.2 Å². The Morgan fingerprint density at radius 2 is 2.05 bits per heavy atom. The molecule has 0 saturated carbocycles. The SMILES string of the molecule is CCCc1cc(C(CC)OC(=O)NNS)ccc1OC(C)=O. The molecule has 1 rings (SSSR count). The molecule has 0 fully saturated rings. The second-order valence-corrected chi connectivity index (χ2v) is 4.97. The molecule has 0 spiro atoms. The fourth-order valence-electron chi connectivity index (χ4n) is 2.11. The van der Waals surface area contributed by atoms with Crippen LogP contribution in [0, 0.1) is 0 Å². The van der Waals surface area contributed by atoms with E-state index in [9.17, 15) is 9.59 Å². The van der Waals surface area contributed by atoms with Crippen molar-refractivity contribution in [3.63, 3.8) is 0 Å². The summed E-state index contributed by atoms with van der Waals surface area (Å²) >= 11 is 3.68. The fourth-order valence-corrected chi connectivity index (χ4v) is 2.20. The standard InChI is InChI=1S/C15H22N2O4S/c1-4-6-11-9-12(7-8-14(11)20-10(3)18)13(5-2)21-15(19)16-17-22/h7-9,13,17,22H,4-6H2,1-3H3,(H,16,19). The Morgan fingerprint density at radius 3 is 2.59 bits per heavy atom. The molecule has 0 aromatic heterocycles. The quantitative estimate of drug-likeness (QED) is 0.311. The summed E-state index contributed by atoms with van der Waals surface area (Å²) in [5.41, 5.74) is 4.02. The van der Waals surface area contributed by atoms with E-state index in [1.54, 1.807) is 12.1 Å². The molecule has 0 aliphatic carbocycles. The van der Waals surface area contributed by atoms with E-state index in [1.165, 1.54) is 6.92 Å². The Hall–Kier alpha value is -1.73. The number of esters is 1. The molecule has 7 heteroatoms. The highest BCUT2D eigenvalue weighted by atomic mass is 32.1. The second kappa shape index (κ2) is 9.32. The van der Waals surface area contributed by atoms with Crippen molar-refractivity contribution < 1.29 is 19.1 Å². The molecular formula is C15H22N2O4S. The number of carbonyl (C=O) groups excluding carboxylic acids is 2. The zero-order valence-corrected chi connectivity index (χ0v) is 13.9. The Labute approximate surface area is 136 Å². The van der Waals surface area contributed by atoms with Gasteiger partial charge in [-0.3, -0.25) is 4.79 Å². The molecule has 6 nitrogen and oxygen atoms in total. The first-order chi connectivity index (χ1) is 10.5. The highest BCUT2D eigenvalue weighted by molar-refractivity contribution is 7.78. The normalized spacial score (nSPS) is 11.6. The predicted molar refractivity (Wildman–Crippen MR) is 86.5 cm³/mol. The summed E-state index contributed by atoms with van der Waals surface area (Å²) in [4.78, 5) is 24.9. The minimum atomic E-state index is -0.608. The van der Waals surface area contributed by atoms with Gasteiger partial charge >= 0.3 is 12.1 Å². The topological polar surface area (TPSA) is 76.7 Å². The second-order valence-electron chi connectivity index (χ2n) is 4.75. The van der Waals surface area contributed by atoms with Crippen molar-refractivity contribution in [1.29, 1.82) is 0 Å². The third-order valence-electron chi connectivity index (χ3n) is 3.01. The van der Waals surface area contributed by atoms with Gasteiger partial charge in [0.15, 0.2) is 0 Å². The first kappa shape index (κ1) is 18.3. The molecular weight excluding hydrogens is 304 g/mol. The first-order valence-electron chi connectivity index (χ1n) is 7.18. The Bertz CT molecular complexity index is 522. The molecule has 22 heavy (non-hydrogen) atoms. The van der Waals surface area contributed by atoms with Crippen LogP contribution in [0.3, 0.4) is 0 Å². The summed E-state index contributed by atoms with van der Waals surface area (Å²) in [6, 6.07) is 5.45. The van der Waals surface area contributed by atoms with E-state index in [4.69, 9.17) is 9.47 Å². The fraction of sp³-hybridized carbons (Fsp3) is 0.467. The zero-order chi connectivity index (χ0) is 16.5. The summed E-state index contributed by atoms with van der Waals surface area (Å²) in [5.74, 6) is 0.196. The molecule has 0 radical (unpaired) electrons. The van der Waals surface area contributed by atoms with Crippen LogP contribution >= 0.6 is 12.8 Å². The molecule has 0 bridgehead atoms. The van der Waals surface area contributed by atoms with E-state index in [2.05, 4.69) is 23.1 Å². The number of amides is 1. The number of benzene rings is 1. The van der Waals surface area contributed by atoms with Crippen molar-refractivity contribution >= 4 is 24.9 Å². The minimum Gasteiger partial charge on any atom is -0.440 e. The molecule has 122 valence electrons. The summed E-state index contributed by atoms with van der Waals surface area (Å²) in [7, 11) is 0. The molecule has 0 aliphatic rings. The molecule has 0 saturated heterocycles. The summed E-state index contributed by atoms with van der Waals surface area (Å²) in [5, 5.41) is 0. The maximum absolute atomic E-state index is 11.5. The van der Waals surface area contributed by atoms with Gasteiger partial charge in [-0.1, -0.05) is 39.1 Å². The molecule has 1 amide bonds. The average Bonchev–Trinajstić information content (AvgIpc) is 2.47. The van der Waals surface area contributed by atoms with Gasteiger partial charge in [-0.25, -0.2) is 10.2 Å². The Morgan fingerprint density at radius 1 is 1.32 bits per heavy atom. The molecule has 0 aliphatic heterocycles. The van der Waals surface area contributed by atoms with E-state index in [0.717, 1.165) is 24.0 Å². The Balaban J connectivity index is 2.99. The number of hydrogen-bond acceptors (Lipinski definition) is 6. The van der Waals surface area contributed by atoms with Gasteiger partial charge in [-0.15, -0.1) is 0 Å². The molecule has 1 unspecified atom stereocenters. The van der Waals surface area contributed by atoms with Crippen LogP contribution in [0.15, 0.2) is 18.2 Å². The van der Waals surface area contributed by atoms with Crippen LogP contribution in [-0.4, -0.2) is 12.1 Å². The number of hydrogen-bond donors (Lipinski definition) is 3. The molecule has 2 N–H and O–H groups in total. The zero-order valence-electron chi connectivity index (χ0n) is 13.0. The number of thiol groups is 1. The van der Waals surface area contributed by atoms with Crippen molar-refractivity contribution in [1.82, 2.24) is 10.3 Å². The van der Waals surface area contributed by atoms with Gasteiger partial charge in [-0.2, -0.15) is 4.83 Å². The van der Waals surface area contributed by atoms with Crippen LogP contribution in [-0.2, 0) is 16.0 Å². The number of nitrogens with one attached hydrogen (secondary N) is 2. The smallest absolute Gasteiger partial charge is 0.422 e. The summed E-state index contributed by atoms with van der Waals surface area (Å²) < 4.78 is 10.5. The van der Waals surface area contributed by atoms with Crippen molar-refractivity contribution in [2.45, 2.75) is 46.1 Å². The number of carbonyl (C=O) groups is 2. The van der Waals surface area contributed by atoms with Gasteiger partial charge in [0.25, 0.3) is 0 Å². The lowest BCUT2D eigenvalue weighted by molar-refractivity contribution is -0.131. The summed E-state index contributed by atoms with van der Waals surface area (Å²) in [6.07, 6.45) is 1.32. The van der Waals surface area contributed by atoms with Crippen LogP contribution in [0.2, 0.25) is 0 Å². The van der Waals surface area contributed by atoms with Gasteiger partial charge in [0, 0.05) is 6.92 Å². The average molecular weight is 326 g/mol. The largest absolute Gasteiger partial charge is 0.440 e. The van der Waals surface area contributed by atoms with Crippen molar-refractivity contribution in [3.05, 3.63) is 29.3 Å². The van der Waals surface area contributed by atoms with Crippen LogP contribution in [0.5, 0.6) is 5.75 Å². The van der Waals surface area contributed by atoms with E-state index in [-0.39, 0.29) is 12.1 Å². The van der Waals surface area contributed by atoms with Crippen molar-refractivity contribution in [3.8, 4) is 5.75 Å². The minimum absolute atomic E-state index is 0.354. The predicted octanol–water partition coefficient (Wildman–Crippen LogP) is 3.09. The van der Waals surface area contributed by atoms with E-state index in [1.807, 2.05) is 19.9 Å². The monoisotopic (exact) mass is 326 g/mol.